The molecule has 0 spiro atoms. The third-order valence-electron chi connectivity index (χ3n) is 3.38. The van der Waals surface area contributed by atoms with E-state index in [2.05, 4.69) is 11.0 Å². The van der Waals surface area contributed by atoms with Gasteiger partial charge in [-0.25, -0.2) is 4.39 Å². The number of nitriles is 1. The molecule has 0 bridgehead atoms. The van der Waals surface area contributed by atoms with Gasteiger partial charge in [0.25, 0.3) is 0 Å². The quantitative estimate of drug-likeness (QED) is 0.648. The lowest BCUT2D eigenvalue weighted by Crippen LogP contribution is -2.24. The van der Waals surface area contributed by atoms with Crippen molar-refractivity contribution in [3.63, 3.8) is 0 Å². The van der Waals surface area contributed by atoms with Crippen LogP contribution in [0.15, 0.2) is 0 Å². The maximum Gasteiger partial charge on any atom is 0.104 e. The fraction of sp³-hybridized carbons (Fsp3) is 0.900. The van der Waals surface area contributed by atoms with Gasteiger partial charge < -0.3 is 4.90 Å². The third kappa shape index (κ3) is 1.68. The van der Waals surface area contributed by atoms with E-state index in [4.69, 9.17) is 5.26 Å². The summed E-state index contributed by atoms with van der Waals surface area (Å²) in [5.41, 5.74) is 0. The highest BCUT2D eigenvalue weighted by molar-refractivity contribution is 4.94. The topological polar surface area (TPSA) is 27.0 Å². The molecule has 1 saturated carbocycles. The van der Waals surface area contributed by atoms with Gasteiger partial charge in [0.1, 0.15) is 6.17 Å². The van der Waals surface area contributed by atoms with Crippen molar-refractivity contribution in [3.05, 3.63) is 0 Å². The van der Waals surface area contributed by atoms with E-state index in [0.29, 0.717) is 12.3 Å². The number of fused-ring (bicyclic) bond motifs is 1. The van der Waals surface area contributed by atoms with Crippen molar-refractivity contribution >= 4 is 0 Å². The van der Waals surface area contributed by atoms with Crippen LogP contribution in [-0.4, -0.2) is 30.7 Å². The number of hydrogen-bond donors (Lipinski definition) is 0. The minimum atomic E-state index is -0.572. The van der Waals surface area contributed by atoms with Crippen molar-refractivity contribution in [3.8, 4) is 6.07 Å². The van der Waals surface area contributed by atoms with Crippen LogP contribution in [-0.2, 0) is 0 Å². The molecule has 72 valence electrons. The first kappa shape index (κ1) is 8.96. The molecule has 0 aromatic rings. The van der Waals surface area contributed by atoms with Gasteiger partial charge in [0.15, 0.2) is 0 Å². The summed E-state index contributed by atoms with van der Waals surface area (Å²) in [6, 6.07) is 2.14. The molecule has 2 nitrogen and oxygen atoms in total. The summed E-state index contributed by atoms with van der Waals surface area (Å²) >= 11 is 0. The molecule has 0 aromatic carbocycles. The van der Waals surface area contributed by atoms with Gasteiger partial charge in [0, 0.05) is 32.0 Å². The van der Waals surface area contributed by atoms with Crippen molar-refractivity contribution in [2.75, 3.05) is 19.6 Å². The van der Waals surface area contributed by atoms with Gasteiger partial charge in [-0.2, -0.15) is 5.26 Å². The molecule has 2 rings (SSSR count). The summed E-state index contributed by atoms with van der Waals surface area (Å²) in [6.07, 6.45) is 1.82. The van der Waals surface area contributed by atoms with Gasteiger partial charge in [0.2, 0.25) is 0 Å². The van der Waals surface area contributed by atoms with E-state index in [1.54, 1.807) is 0 Å². The molecule has 0 N–H and O–H groups in total. The second kappa shape index (κ2) is 3.63. The zero-order valence-electron chi connectivity index (χ0n) is 7.75. The summed E-state index contributed by atoms with van der Waals surface area (Å²) in [6.45, 7) is 2.73. The Bertz CT molecular complexity index is 223. The van der Waals surface area contributed by atoms with Crippen molar-refractivity contribution in [2.45, 2.75) is 25.4 Å². The average Bonchev–Trinajstić information content (AvgIpc) is 2.65. The van der Waals surface area contributed by atoms with E-state index in [0.717, 1.165) is 32.5 Å². The monoisotopic (exact) mass is 182 g/mol. The van der Waals surface area contributed by atoms with E-state index in [1.807, 2.05) is 0 Å². The van der Waals surface area contributed by atoms with Crippen LogP contribution in [0.5, 0.6) is 0 Å². The highest BCUT2D eigenvalue weighted by Crippen LogP contribution is 2.39. The van der Waals surface area contributed by atoms with Gasteiger partial charge in [0.05, 0.1) is 6.07 Å². The predicted octanol–water partition coefficient (Wildman–Crippen LogP) is 1.58. The Labute approximate surface area is 78.3 Å². The molecular formula is C10H15FN2. The molecule has 1 heterocycles. The van der Waals surface area contributed by atoms with E-state index in [9.17, 15) is 4.39 Å². The summed E-state index contributed by atoms with van der Waals surface area (Å²) in [5, 5.41) is 8.43. The fourth-order valence-corrected chi connectivity index (χ4v) is 2.68. The molecule has 3 unspecified atom stereocenters. The second-order valence-corrected chi connectivity index (χ2v) is 4.18. The van der Waals surface area contributed by atoms with Crippen LogP contribution in [0.1, 0.15) is 19.3 Å². The van der Waals surface area contributed by atoms with Crippen molar-refractivity contribution in [1.29, 1.82) is 5.26 Å². The van der Waals surface area contributed by atoms with Crippen LogP contribution < -0.4 is 0 Å². The molecule has 0 amide bonds. The van der Waals surface area contributed by atoms with E-state index in [-0.39, 0.29) is 5.92 Å². The fourth-order valence-electron chi connectivity index (χ4n) is 2.68. The molecule has 0 radical (unpaired) electrons. The molecular weight excluding hydrogens is 167 g/mol. The number of halogens is 1. The lowest BCUT2D eigenvalue weighted by Gasteiger charge is -2.14. The first-order valence-corrected chi connectivity index (χ1v) is 5.04. The van der Waals surface area contributed by atoms with Gasteiger partial charge in [-0.15, -0.1) is 0 Å². The molecule has 1 saturated heterocycles. The number of nitrogens with zero attached hydrogens (tertiary/aromatic N) is 2. The zero-order chi connectivity index (χ0) is 9.26. The van der Waals surface area contributed by atoms with Crippen LogP contribution in [0.3, 0.4) is 0 Å². The van der Waals surface area contributed by atoms with Crippen LogP contribution in [0.25, 0.3) is 0 Å². The Morgan fingerprint density at radius 1 is 1.38 bits per heavy atom. The Hall–Kier alpha value is -0.620. The molecule has 2 aliphatic rings. The highest BCUT2D eigenvalue weighted by atomic mass is 19.1. The zero-order valence-corrected chi connectivity index (χ0v) is 7.75. The van der Waals surface area contributed by atoms with Gasteiger partial charge in [-0.3, -0.25) is 0 Å². The Morgan fingerprint density at radius 3 is 2.92 bits per heavy atom. The Kier molecular flexibility index (Phi) is 2.50. The SMILES string of the molecule is N#CCCN1CC2CCC(F)C2C1. The van der Waals surface area contributed by atoms with E-state index < -0.39 is 6.17 Å². The van der Waals surface area contributed by atoms with Gasteiger partial charge in [-0.1, -0.05) is 0 Å². The summed E-state index contributed by atoms with van der Waals surface area (Å²) < 4.78 is 13.3. The van der Waals surface area contributed by atoms with Gasteiger partial charge >= 0.3 is 0 Å². The third-order valence-corrected chi connectivity index (χ3v) is 3.38. The van der Waals surface area contributed by atoms with E-state index in [1.165, 1.54) is 0 Å². The maximum atomic E-state index is 13.3. The number of alkyl halides is 1. The second-order valence-electron chi connectivity index (χ2n) is 4.18. The Morgan fingerprint density at radius 2 is 2.23 bits per heavy atom. The predicted molar refractivity (Wildman–Crippen MR) is 47.8 cm³/mol. The highest BCUT2D eigenvalue weighted by Gasteiger charge is 2.42. The number of hydrogen-bond acceptors (Lipinski definition) is 2. The molecule has 13 heavy (non-hydrogen) atoms. The minimum Gasteiger partial charge on any atom is -0.302 e. The van der Waals surface area contributed by atoms with Crippen molar-refractivity contribution in [2.24, 2.45) is 11.8 Å². The molecule has 2 fully saturated rings. The molecule has 3 heteroatoms. The molecule has 1 aliphatic carbocycles. The largest absolute Gasteiger partial charge is 0.302 e. The number of likely N-dealkylation sites (tertiary alicyclic amines) is 1. The molecule has 1 aliphatic heterocycles. The van der Waals surface area contributed by atoms with Crippen molar-refractivity contribution < 1.29 is 4.39 Å². The smallest absolute Gasteiger partial charge is 0.104 e. The number of rotatable bonds is 2. The molecule has 0 aromatic heterocycles. The van der Waals surface area contributed by atoms with Crippen LogP contribution in [0, 0.1) is 23.2 Å². The molecule has 3 atom stereocenters. The lowest BCUT2D eigenvalue weighted by atomic mass is 10.0. The average molecular weight is 182 g/mol. The summed E-state index contributed by atoms with van der Waals surface area (Å²) in [4.78, 5) is 2.24. The van der Waals surface area contributed by atoms with Crippen LogP contribution >= 0.6 is 0 Å². The van der Waals surface area contributed by atoms with Crippen LogP contribution in [0.4, 0.5) is 4.39 Å². The first-order chi connectivity index (χ1) is 6.31. The Balaban J connectivity index is 1.85. The summed E-state index contributed by atoms with van der Waals surface area (Å²) in [5.74, 6) is 0.854. The minimum absolute atomic E-state index is 0.277. The summed E-state index contributed by atoms with van der Waals surface area (Å²) in [7, 11) is 0. The lowest BCUT2D eigenvalue weighted by molar-refractivity contribution is 0.235. The normalized spacial score (nSPS) is 38.9. The standard InChI is InChI=1S/C10H15FN2/c11-10-3-2-8-6-13(5-1-4-12)7-9(8)10/h8-10H,1-3,5-7H2. The van der Waals surface area contributed by atoms with Crippen LogP contribution in [0.2, 0.25) is 0 Å². The first-order valence-electron chi connectivity index (χ1n) is 5.04. The van der Waals surface area contributed by atoms with Crippen molar-refractivity contribution in [1.82, 2.24) is 4.90 Å². The van der Waals surface area contributed by atoms with E-state index >= 15 is 0 Å². The maximum absolute atomic E-state index is 13.3. The van der Waals surface area contributed by atoms with Gasteiger partial charge in [-0.05, 0) is 18.8 Å².